The fourth-order valence-electron chi connectivity index (χ4n) is 6.15. The Kier molecular flexibility index (Phi) is 4.91. The predicted octanol–water partition coefficient (Wildman–Crippen LogP) is 4.05. The van der Waals surface area contributed by atoms with E-state index in [1.807, 2.05) is 6.07 Å². The molecule has 6 heteroatoms. The summed E-state index contributed by atoms with van der Waals surface area (Å²) >= 11 is 0. The molecule has 156 valence electrons. The molecule has 3 aliphatic rings. The number of carbonyl (C=O) groups is 3. The summed E-state index contributed by atoms with van der Waals surface area (Å²) < 4.78 is 16.4. The molecule has 0 spiro atoms. The minimum atomic E-state index is -0.444. The molecule has 0 saturated heterocycles. The van der Waals surface area contributed by atoms with Gasteiger partial charge in [0.2, 0.25) is 0 Å². The number of ether oxygens (including phenoxy) is 3. The van der Waals surface area contributed by atoms with Crippen molar-refractivity contribution in [2.45, 2.75) is 64.9 Å². The molecule has 0 N–H and O–H groups in total. The number of fused-ring (bicyclic) bond motifs is 5. The molecule has 1 aromatic rings. The lowest BCUT2D eigenvalue weighted by Gasteiger charge is -2.50. The molecule has 0 aromatic heterocycles. The third-order valence-electron chi connectivity index (χ3n) is 7.37. The second-order valence-electron chi connectivity index (χ2n) is 8.91. The molecule has 29 heavy (non-hydrogen) atoms. The lowest BCUT2D eigenvalue weighted by atomic mass is 9.55. The van der Waals surface area contributed by atoms with Gasteiger partial charge in [-0.1, -0.05) is 6.92 Å². The first kappa shape index (κ1) is 19.9. The molecular formula is C23H28O6. The van der Waals surface area contributed by atoms with E-state index in [1.54, 1.807) is 6.07 Å². The number of benzene rings is 1. The van der Waals surface area contributed by atoms with Crippen LogP contribution in [0, 0.1) is 17.3 Å². The van der Waals surface area contributed by atoms with Crippen LogP contribution in [0.25, 0.3) is 0 Å². The molecule has 5 atom stereocenters. The Labute approximate surface area is 170 Å². The van der Waals surface area contributed by atoms with Crippen LogP contribution in [0.3, 0.4) is 0 Å². The highest BCUT2D eigenvalue weighted by atomic mass is 16.6. The Morgan fingerprint density at radius 3 is 2.48 bits per heavy atom. The number of methoxy groups -OCH3 is 1. The number of rotatable bonds is 3. The third kappa shape index (κ3) is 3.22. The first-order valence-electron chi connectivity index (χ1n) is 10.4. The maximum Gasteiger partial charge on any atom is 0.308 e. The molecule has 1 aromatic carbocycles. The first-order chi connectivity index (χ1) is 13.7. The maximum absolute atomic E-state index is 13.1. The smallest absolute Gasteiger partial charge is 0.308 e. The summed E-state index contributed by atoms with van der Waals surface area (Å²) in [7, 11) is 1.54. The molecule has 3 aliphatic carbocycles. The van der Waals surface area contributed by atoms with Crippen LogP contribution in [-0.4, -0.2) is 30.9 Å². The second-order valence-corrected chi connectivity index (χ2v) is 8.91. The number of carbonyl (C=O) groups excluding carboxylic acids is 3. The molecule has 6 nitrogen and oxygen atoms in total. The van der Waals surface area contributed by atoms with Gasteiger partial charge in [-0.3, -0.25) is 14.4 Å². The highest BCUT2D eigenvalue weighted by Crippen LogP contribution is 2.62. The van der Waals surface area contributed by atoms with Crippen molar-refractivity contribution in [2.24, 2.45) is 17.3 Å². The molecule has 2 fully saturated rings. The van der Waals surface area contributed by atoms with Gasteiger partial charge in [0, 0.05) is 31.2 Å². The van der Waals surface area contributed by atoms with E-state index in [0.29, 0.717) is 29.4 Å². The largest absolute Gasteiger partial charge is 0.493 e. The van der Waals surface area contributed by atoms with Crippen LogP contribution in [-0.2, 0) is 14.3 Å². The summed E-state index contributed by atoms with van der Waals surface area (Å²) in [6, 6.07) is 3.54. The van der Waals surface area contributed by atoms with Gasteiger partial charge in [0.05, 0.1) is 7.11 Å². The zero-order valence-electron chi connectivity index (χ0n) is 17.4. The summed E-state index contributed by atoms with van der Waals surface area (Å²) in [4.78, 5) is 36.1. The van der Waals surface area contributed by atoms with Gasteiger partial charge in [-0.25, -0.2) is 0 Å². The van der Waals surface area contributed by atoms with Crippen LogP contribution in [0.15, 0.2) is 12.1 Å². The van der Waals surface area contributed by atoms with E-state index in [4.69, 9.17) is 14.2 Å². The standard InChI is InChI=1S/C23H28O6/c1-12(24)28-21-11-17-15(10-20(21)27-4)14-7-8-23(3)18(16(14)9-19(17)26)5-6-22(23)29-13(2)25/h10-11,14,16,18,22H,5-9H2,1-4H3/t14-,16-,18+,22?,23+/m1/s1. The molecule has 0 bridgehead atoms. The molecule has 4 rings (SSSR count). The van der Waals surface area contributed by atoms with Gasteiger partial charge >= 0.3 is 11.9 Å². The SMILES string of the molecule is COc1cc2c(cc1OC(C)=O)C(=O)C[C@@H]1[C@@H]2CC[C@]2(C)C(OC(C)=O)CC[C@@H]12. The highest BCUT2D eigenvalue weighted by Gasteiger charge is 2.57. The van der Waals surface area contributed by atoms with Gasteiger partial charge in [-0.15, -0.1) is 0 Å². The third-order valence-corrected chi connectivity index (χ3v) is 7.37. The Bertz CT molecular complexity index is 874. The van der Waals surface area contributed by atoms with Gasteiger partial charge in [-0.05, 0) is 61.1 Å². The van der Waals surface area contributed by atoms with Crippen molar-refractivity contribution >= 4 is 17.7 Å². The van der Waals surface area contributed by atoms with E-state index in [-0.39, 0.29) is 35.1 Å². The Morgan fingerprint density at radius 1 is 1.07 bits per heavy atom. The van der Waals surface area contributed by atoms with Gasteiger partial charge in [0.1, 0.15) is 6.10 Å². The normalized spacial score (nSPS) is 32.6. The quantitative estimate of drug-likeness (QED) is 0.563. The minimum Gasteiger partial charge on any atom is -0.493 e. The van der Waals surface area contributed by atoms with Crippen molar-refractivity contribution in [3.63, 3.8) is 0 Å². The zero-order chi connectivity index (χ0) is 20.9. The Balaban J connectivity index is 1.70. The topological polar surface area (TPSA) is 78.9 Å². The number of esters is 2. The van der Waals surface area contributed by atoms with Crippen molar-refractivity contribution in [1.82, 2.24) is 0 Å². The summed E-state index contributed by atoms with van der Waals surface area (Å²) in [5.41, 5.74) is 1.56. The van der Waals surface area contributed by atoms with Crippen molar-refractivity contribution in [3.8, 4) is 11.5 Å². The number of Topliss-reactive ketones (excluding diaryl/α,β-unsaturated/α-hetero) is 1. The van der Waals surface area contributed by atoms with Crippen LogP contribution in [0.1, 0.15) is 74.7 Å². The van der Waals surface area contributed by atoms with Crippen molar-refractivity contribution in [3.05, 3.63) is 23.3 Å². The van der Waals surface area contributed by atoms with Crippen LogP contribution in [0.4, 0.5) is 0 Å². The van der Waals surface area contributed by atoms with Gasteiger partial charge < -0.3 is 14.2 Å². The van der Waals surface area contributed by atoms with Gasteiger partial charge in [0.15, 0.2) is 17.3 Å². The average molecular weight is 400 g/mol. The highest BCUT2D eigenvalue weighted by molar-refractivity contribution is 6.00. The summed E-state index contributed by atoms with van der Waals surface area (Å²) in [5, 5.41) is 0. The Hall–Kier alpha value is -2.37. The lowest BCUT2D eigenvalue weighted by molar-refractivity contribution is -0.154. The van der Waals surface area contributed by atoms with E-state index < -0.39 is 5.97 Å². The molecule has 0 aliphatic heterocycles. The number of ketones is 1. The van der Waals surface area contributed by atoms with Crippen molar-refractivity contribution in [1.29, 1.82) is 0 Å². The minimum absolute atomic E-state index is 0.0664. The second kappa shape index (κ2) is 7.15. The molecule has 0 amide bonds. The predicted molar refractivity (Wildman–Crippen MR) is 105 cm³/mol. The van der Waals surface area contributed by atoms with E-state index in [2.05, 4.69) is 6.92 Å². The summed E-state index contributed by atoms with van der Waals surface area (Å²) in [6.07, 6.45) is 4.14. The molecular weight excluding hydrogens is 372 g/mol. The van der Waals surface area contributed by atoms with Gasteiger partial charge in [0.25, 0.3) is 0 Å². The fourth-order valence-corrected chi connectivity index (χ4v) is 6.15. The Morgan fingerprint density at radius 2 is 1.83 bits per heavy atom. The van der Waals surface area contributed by atoms with E-state index in [0.717, 1.165) is 31.2 Å². The molecule has 0 radical (unpaired) electrons. The van der Waals surface area contributed by atoms with Crippen molar-refractivity contribution < 1.29 is 28.6 Å². The number of hydrogen-bond acceptors (Lipinski definition) is 6. The monoisotopic (exact) mass is 400 g/mol. The van der Waals surface area contributed by atoms with Crippen LogP contribution < -0.4 is 9.47 Å². The van der Waals surface area contributed by atoms with E-state index in [1.165, 1.54) is 21.0 Å². The average Bonchev–Trinajstić information content (AvgIpc) is 2.97. The number of hydrogen-bond donors (Lipinski definition) is 0. The lowest BCUT2D eigenvalue weighted by Crippen LogP contribution is -2.46. The van der Waals surface area contributed by atoms with E-state index >= 15 is 0 Å². The van der Waals surface area contributed by atoms with Crippen LogP contribution in [0.2, 0.25) is 0 Å². The van der Waals surface area contributed by atoms with E-state index in [9.17, 15) is 14.4 Å². The molecule has 0 heterocycles. The first-order valence-corrected chi connectivity index (χ1v) is 10.4. The molecule has 1 unspecified atom stereocenters. The zero-order valence-corrected chi connectivity index (χ0v) is 17.4. The summed E-state index contributed by atoms with van der Waals surface area (Å²) in [6.45, 7) is 5.02. The van der Waals surface area contributed by atoms with Crippen molar-refractivity contribution in [2.75, 3.05) is 7.11 Å². The van der Waals surface area contributed by atoms with Crippen LogP contribution in [0.5, 0.6) is 11.5 Å². The molecule has 2 saturated carbocycles. The van der Waals surface area contributed by atoms with Crippen LogP contribution >= 0.6 is 0 Å². The maximum atomic E-state index is 13.1. The van der Waals surface area contributed by atoms with Gasteiger partial charge in [-0.2, -0.15) is 0 Å². The summed E-state index contributed by atoms with van der Waals surface area (Å²) in [5.74, 6) is 1.02. The fraction of sp³-hybridized carbons (Fsp3) is 0.609.